The molecule has 1 fully saturated rings. The minimum atomic E-state index is 0.0307. The zero-order valence-electron chi connectivity index (χ0n) is 14.3. The van der Waals surface area contributed by atoms with Crippen LogP contribution >= 0.6 is 11.3 Å². The van der Waals surface area contributed by atoms with Crippen molar-refractivity contribution in [3.05, 3.63) is 57.8 Å². The molecular weight excluding hydrogens is 316 g/mol. The molecule has 1 aromatic heterocycles. The third-order valence-corrected chi connectivity index (χ3v) is 5.56. The largest absolute Gasteiger partial charge is 0.350 e. The molecule has 1 atom stereocenters. The fraction of sp³-hybridized carbons (Fsp3) is 0.450. The maximum Gasteiger partial charge on any atom is 0.251 e. The number of thiophene rings is 1. The lowest BCUT2D eigenvalue weighted by molar-refractivity contribution is 0.0932. The van der Waals surface area contributed by atoms with Gasteiger partial charge in [-0.15, -0.1) is 0 Å². The Morgan fingerprint density at radius 2 is 1.92 bits per heavy atom. The van der Waals surface area contributed by atoms with E-state index in [4.69, 9.17) is 0 Å². The number of carbonyl (C=O) groups excluding carboxylic acids is 1. The van der Waals surface area contributed by atoms with Gasteiger partial charge in [0, 0.05) is 12.1 Å². The van der Waals surface area contributed by atoms with Crippen LogP contribution in [0.25, 0.3) is 0 Å². The van der Waals surface area contributed by atoms with Gasteiger partial charge in [0.15, 0.2) is 0 Å². The van der Waals surface area contributed by atoms with Crippen LogP contribution in [0.5, 0.6) is 0 Å². The summed E-state index contributed by atoms with van der Waals surface area (Å²) in [5.41, 5.74) is 3.13. The van der Waals surface area contributed by atoms with Gasteiger partial charge in [0.05, 0.1) is 6.04 Å². The van der Waals surface area contributed by atoms with Crippen LogP contribution in [0.2, 0.25) is 0 Å². The van der Waals surface area contributed by atoms with Gasteiger partial charge in [0.25, 0.3) is 5.91 Å². The number of aryl methyl sites for hydroxylation is 1. The number of benzene rings is 1. The summed E-state index contributed by atoms with van der Waals surface area (Å²) in [5, 5.41) is 7.52. The van der Waals surface area contributed by atoms with Gasteiger partial charge in [-0.3, -0.25) is 9.69 Å². The summed E-state index contributed by atoms with van der Waals surface area (Å²) in [7, 11) is 0. The normalized spacial score (nSPS) is 17.2. The number of nitrogens with one attached hydrogen (secondary N) is 1. The zero-order chi connectivity index (χ0) is 16.8. The molecule has 3 nitrogen and oxygen atoms in total. The van der Waals surface area contributed by atoms with Crippen LogP contribution in [0.15, 0.2) is 41.1 Å². The van der Waals surface area contributed by atoms with Gasteiger partial charge in [-0.05, 0) is 66.9 Å². The van der Waals surface area contributed by atoms with Crippen LogP contribution in [-0.2, 0) is 0 Å². The SMILES string of the molecule is Cc1ccccc1C(=O)NCC(c1ccsc1)N1CCCCCC1. The van der Waals surface area contributed by atoms with Crippen molar-refractivity contribution in [1.29, 1.82) is 0 Å². The predicted octanol–water partition coefficient (Wildman–Crippen LogP) is 4.40. The van der Waals surface area contributed by atoms with Gasteiger partial charge in [-0.1, -0.05) is 31.0 Å². The van der Waals surface area contributed by atoms with Gasteiger partial charge < -0.3 is 5.32 Å². The van der Waals surface area contributed by atoms with Crippen LogP contribution < -0.4 is 5.32 Å². The van der Waals surface area contributed by atoms with E-state index in [0.29, 0.717) is 6.54 Å². The first-order chi connectivity index (χ1) is 11.8. The van der Waals surface area contributed by atoms with Gasteiger partial charge in [-0.25, -0.2) is 0 Å². The van der Waals surface area contributed by atoms with Gasteiger partial charge in [0.2, 0.25) is 0 Å². The maximum atomic E-state index is 12.6. The molecule has 3 rings (SSSR count). The van der Waals surface area contributed by atoms with Crippen molar-refractivity contribution < 1.29 is 4.79 Å². The monoisotopic (exact) mass is 342 g/mol. The van der Waals surface area contributed by atoms with Gasteiger partial charge in [0.1, 0.15) is 0 Å². The fourth-order valence-electron chi connectivity index (χ4n) is 3.44. The Hall–Kier alpha value is -1.65. The molecule has 0 bridgehead atoms. The highest BCUT2D eigenvalue weighted by atomic mass is 32.1. The van der Waals surface area contributed by atoms with E-state index in [-0.39, 0.29) is 11.9 Å². The summed E-state index contributed by atoms with van der Waals surface area (Å²) in [6, 6.07) is 10.3. The molecule has 0 radical (unpaired) electrons. The average molecular weight is 343 g/mol. The van der Waals surface area contributed by atoms with Crippen LogP contribution in [0.4, 0.5) is 0 Å². The smallest absolute Gasteiger partial charge is 0.251 e. The first-order valence-corrected chi connectivity index (χ1v) is 9.80. The minimum Gasteiger partial charge on any atom is -0.350 e. The standard InChI is InChI=1S/C20H26N2OS/c1-16-8-4-5-9-18(16)20(23)21-14-19(17-10-13-24-15-17)22-11-6-2-3-7-12-22/h4-5,8-10,13,15,19H,2-3,6-7,11-12,14H2,1H3,(H,21,23). The van der Waals surface area contributed by atoms with Gasteiger partial charge in [-0.2, -0.15) is 11.3 Å². The molecule has 1 aliphatic rings. The molecule has 0 saturated carbocycles. The highest BCUT2D eigenvalue weighted by Gasteiger charge is 2.22. The quantitative estimate of drug-likeness (QED) is 0.873. The second-order valence-corrected chi connectivity index (χ2v) is 7.33. The summed E-state index contributed by atoms with van der Waals surface area (Å²) in [4.78, 5) is 15.1. The third kappa shape index (κ3) is 4.25. The summed E-state index contributed by atoms with van der Waals surface area (Å²) >= 11 is 1.73. The Morgan fingerprint density at radius 1 is 1.17 bits per heavy atom. The molecule has 0 spiro atoms. The highest BCUT2D eigenvalue weighted by molar-refractivity contribution is 7.07. The van der Waals surface area contributed by atoms with Crippen molar-refractivity contribution in [2.75, 3.05) is 19.6 Å². The molecular formula is C20H26N2OS. The first kappa shape index (κ1) is 17.2. The van der Waals surface area contributed by atoms with Crippen LogP contribution in [0.3, 0.4) is 0 Å². The molecule has 2 heterocycles. The predicted molar refractivity (Wildman–Crippen MR) is 101 cm³/mol. The highest BCUT2D eigenvalue weighted by Crippen LogP contribution is 2.25. The van der Waals surface area contributed by atoms with Crippen molar-refractivity contribution in [2.45, 2.75) is 38.6 Å². The molecule has 1 aliphatic heterocycles. The molecule has 1 amide bonds. The summed E-state index contributed by atoms with van der Waals surface area (Å²) in [6.07, 6.45) is 5.16. The Labute approximate surface area is 148 Å². The van der Waals surface area contributed by atoms with E-state index in [1.807, 2.05) is 31.2 Å². The number of hydrogen-bond donors (Lipinski definition) is 1. The van der Waals surface area contributed by atoms with E-state index in [0.717, 1.165) is 24.2 Å². The van der Waals surface area contributed by atoms with E-state index in [9.17, 15) is 4.79 Å². The number of nitrogens with zero attached hydrogens (tertiary/aromatic N) is 1. The molecule has 128 valence electrons. The van der Waals surface area contributed by atoms with Crippen molar-refractivity contribution in [2.24, 2.45) is 0 Å². The maximum absolute atomic E-state index is 12.6. The first-order valence-electron chi connectivity index (χ1n) is 8.85. The van der Waals surface area contributed by atoms with E-state index < -0.39 is 0 Å². The Kier molecular flexibility index (Phi) is 6.05. The second kappa shape index (κ2) is 8.45. The van der Waals surface area contributed by atoms with E-state index >= 15 is 0 Å². The summed E-state index contributed by atoms with van der Waals surface area (Å²) in [6.45, 7) is 4.91. The van der Waals surface area contributed by atoms with Crippen LogP contribution in [0.1, 0.15) is 53.2 Å². The van der Waals surface area contributed by atoms with Gasteiger partial charge >= 0.3 is 0 Å². The Morgan fingerprint density at radius 3 is 2.58 bits per heavy atom. The number of hydrogen-bond acceptors (Lipinski definition) is 3. The number of likely N-dealkylation sites (tertiary alicyclic amines) is 1. The Balaban J connectivity index is 1.70. The molecule has 1 saturated heterocycles. The molecule has 4 heteroatoms. The zero-order valence-corrected chi connectivity index (χ0v) is 15.1. The average Bonchev–Trinajstić information content (AvgIpc) is 2.98. The fourth-order valence-corrected chi connectivity index (χ4v) is 4.15. The lowest BCUT2D eigenvalue weighted by Gasteiger charge is -2.30. The Bertz CT molecular complexity index is 645. The third-order valence-electron chi connectivity index (χ3n) is 4.86. The summed E-state index contributed by atoms with van der Waals surface area (Å²) < 4.78 is 0. The minimum absolute atomic E-state index is 0.0307. The molecule has 1 N–H and O–H groups in total. The van der Waals surface area contributed by atoms with Crippen molar-refractivity contribution in [3.8, 4) is 0 Å². The molecule has 1 aromatic carbocycles. The van der Waals surface area contributed by atoms with Crippen molar-refractivity contribution in [3.63, 3.8) is 0 Å². The number of rotatable bonds is 5. The van der Waals surface area contributed by atoms with Crippen LogP contribution in [-0.4, -0.2) is 30.4 Å². The second-order valence-electron chi connectivity index (χ2n) is 6.55. The topological polar surface area (TPSA) is 32.3 Å². The van der Waals surface area contributed by atoms with Crippen LogP contribution in [0, 0.1) is 6.92 Å². The molecule has 1 unspecified atom stereocenters. The molecule has 24 heavy (non-hydrogen) atoms. The lowest BCUT2D eigenvalue weighted by atomic mass is 10.1. The van der Waals surface area contributed by atoms with Crippen molar-refractivity contribution in [1.82, 2.24) is 10.2 Å². The van der Waals surface area contributed by atoms with E-state index in [2.05, 4.69) is 27.0 Å². The number of carbonyl (C=O) groups is 1. The number of amides is 1. The van der Waals surface area contributed by atoms with Crippen molar-refractivity contribution >= 4 is 17.2 Å². The van der Waals surface area contributed by atoms with E-state index in [1.54, 1.807) is 11.3 Å². The molecule has 0 aliphatic carbocycles. The molecule has 2 aromatic rings. The van der Waals surface area contributed by atoms with E-state index in [1.165, 1.54) is 31.2 Å². The lowest BCUT2D eigenvalue weighted by Crippen LogP contribution is -2.38. The summed E-state index contributed by atoms with van der Waals surface area (Å²) in [5.74, 6) is 0.0307.